The fraction of sp³-hybridized carbons (Fsp3) is 0.200. The highest BCUT2D eigenvalue weighted by Crippen LogP contribution is 2.19. The van der Waals surface area contributed by atoms with Gasteiger partial charge < -0.3 is 9.64 Å². The summed E-state index contributed by atoms with van der Waals surface area (Å²) in [6.45, 7) is 0. The molecular weight excluding hydrogens is 284 g/mol. The molecule has 0 atom stereocenters. The van der Waals surface area contributed by atoms with Crippen LogP contribution in [0.15, 0.2) is 52.2 Å². The fourth-order valence-corrected chi connectivity index (χ4v) is 1.93. The molecular formula is C15H16N4O3. The topological polar surface area (TPSA) is 74.6 Å². The van der Waals surface area contributed by atoms with Crippen LogP contribution in [0, 0.1) is 0 Å². The Morgan fingerprint density at radius 2 is 1.95 bits per heavy atom. The van der Waals surface area contributed by atoms with Crippen molar-refractivity contribution in [3.05, 3.63) is 47.7 Å². The van der Waals surface area contributed by atoms with Crippen molar-refractivity contribution in [2.24, 2.45) is 10.1 Å². The Labute approximate surface area is 128 Å². The molecule has 7 heteroatoms. The Bertz CT molecular complexity index is 665. The van der Waals surface area contributed by atoms with Gasteiger partial charge in [-0.05, 0) is 5.56 Å². The lowest BCUT2D eigenvalue weighted by Crippen LogP contribution is -2.28. The number of nitrogens with zero attached hydrogens (tertiary/aromatic N) is 4. The quantitative estimate of drug-likeness (QED) is 0.471. The third kappa shape index (κ3) is 3.03. The molecule has 22 heavy (non-hydrogen) atoms. The number of likely N-dealkylation sites (N-methyl/N-ethyl adjacent to an activating group) is 1. The molecule has 0 spiro atoms. The molecule has 0 saturated carbocycles. The summed E-state index contributed by atoms with van der Waals surface area (Å²) in [5, 5.41) is 5.29. The van der Waals surface area contributed by atoms with E-state index < -0.39 is 11.9 Å². The van der Waals surface area contributed by atoms with Crippen molar-refractivity contribution in [2.75, 3.05) is 21.2 Å². The van der Waals surface area contributed by atoms with E-state index in [4.69, 9.17) is 0 Å². The van der Waals surface area contributed by atoms with E-state index in [1.165, 1.54) is 12.0 Å². The average Bonchev–Trinajstić information content (AvgIpc) is 2.77. The van der Waals surface area contributed by atoms with Crippen LogP contribution < -0.4 is 0 Å². The van der Waals surface area contributed by atoms with E-state index in [1.54, 1.807) is 20.3 Å². The molecule has 0 N–H and O–H groups in total. The number of amides is 1. The van der Waals surface area contributed by atoms with Crippen LogP contribution in [0.2, 0.25) is 0 Å². The first-order valence-corrected chi connectivity index (χ1v) is 6.52. The van der Waals surface area contributed by atoms with E-state index in [0.29, 0.717) is 5.96 Å². The lowest BCUT2D eigenvalue weighted by molar-refractivity contribution is -0.135. The highest BCUT2D eigenvalue weighted by atomic mass is 16.5. The molecule has 1 fully saturated rings. The number of esters is 1. The summed E-state index contributed by atoms with van der Waals surface area (Å²) >= 11 is 0. The Morgan fingerprint density at radius 3 is 2.55 bits per heavy atom. The van der Waals surface area contributed by atoms with E-state index in [-0.39, 0.29) is 5.70 Å². The second kappa shape index (κ2) is 6.66. The minimum atomic E-state index is -0.612. The van der Waals surface area contributed by atoms with Crippen molar-refractivity contribution in [1.82, 2.24) is 9.91 Å². The number of benzene rings is 1. The van der Waals surface area contributed by atoms with Gasteiger partial charge in [0, 0.05) is 14.1 Å². The number of hydrogen-bond donors (Lipinski definition) is 0. The summed E-state index contributed by atoms with van der Waals surface area (Å²) in [6, 6.07) is 9.36. The number of carbonyl (C=O) groups excluding carboxylic acids is 2. The van der Waals surface area contributed by atoms with Crippen LogP contribution in [0.4, 0.5) is 0 Å². The van der Waals surface area contributed by atoms with Crippen LogP contribution in [0.5, 0.6) is 0 Å². The van der Waals surface area contributed by atoms with Crippen molar-refractivity contribution < 1.29 is 14.3 Å². The molecule has 0 radical (unpaired) electrons. The Morgan fingerprint density at radius 1 is 1.27 bits per heavy atom. The van der Waals surface area contributed by atoms with Gasteiger partial charge in [-0.3, -0.25) is 9.79 Å². The monoisotopic (exact) mass is 300 g/mol. The second-order valence-corrected chi connectivity index (χ2v) is 4.41. The number of methoxy groups -OCH3 is 1. The summed E-state index contributed by atoms with van der Waals surface area (Å²) in [7, 11) is 4.43. The smallest absolute Gasteiger partial charge is 0.332 e. The van der Waals surface area contributed by atoms with Gasteiger partial charge in [0.1, 0.15) is 5.70 Å². The molecule has 0 unspecified atom stereocenters. The van der Waals surface area contributed by atoms with Gasteiger partial charge in [0.15, 0.2) is 0 Å². The van der Waals surface area contributed by atoms with E-state index in [9.17, 15) is 9.59 Å². The van der Waals surface area contributed by atoms with Gasteiger partial charge in [0.05, 0.1) is 19.4 Å². The Balaban J connectivity index is 2.31. The van der Waals surface area contributed by atoms with Gasteiger partial charge in [-0.1, -0.05) is 30.3 Å². The zero-order valence-electron chi connectivity index (χ0n) is 12.6. The zero-order valence-corrected chi connectivity index (χ0v) is 12.6. The highest BCUT2D eigenvalue weighted by molar-refractivity contribution is 6.15. The van der Waals surface area contributed by atoms with Crippen LogP contribution in [0.1, 0.15) is 5.56 Å². The maximum Gasteiger partial charge on any atom is 0.332 e. The molecule has 2 rings (SSSR count). The molecule has 1 saturated heterocycles. The normalized spacial score (nSPS) is 18.8. The molecule has 1 aliphatic heterocycles. The molecule has 1 aliphatic rings. The number of aliphatic imine (C=N–C) groups is 1. The average molecular weight is 300 g/mol. The number of hydrogen-bond acceptors (Lipinski definition) is 5. The van der Waals surface area contributed by atoms with Gasteiger partial charge in [-0.2, -0.15) is 10.1 Å². The van der Waals surface area contributed by atoms with Crippen LogP contribution in [-0.4, -0.2) is 55.2 Å². The number of carbonyl (C=O) groups is 2. The van der Waals surface area contributed by atoms with Gasteiger partial charge >= 0.3 is 5.97 Å². The molecule has 1 aromatic carbocycles. The van der Waals surface area contributed by atoms with Crippen LogP contribution >= 0.6 is 0 Å². The SMILES string of the molecule is CN=C1N(/N=C/c2ccccc2)C(=O)/C(=C/C(=O)OC)N1C. The van der Waals surface area contributed by atoms with E-state index >= 15 is 0 Å². The number of ether oxygens (including phenoxy) is 1. The number of guanidine groups is 1. The Kier molecular flexibility index (Phi) is 4.67. The fourth-order valence-electron chi connectivity index (χ4n) is 1.93. The number of hydrazone groups is 1. The van der Waals surface area contributed by atoms with E-state index in [0.717, 1.165) is 16.6 Å². The largest absolute Gasteiger partial charge is 0.466 e. The Hall–Kier alpha value is -2.96. The van der Waals surface area contributed by atoms with Crippen LogP contribution in [-0.2, 0) is 14.3 Å². The number of rotatable bonds is 3. The summed E-state index contributed by atoms with van der Waals surface area (Å²) in [6.07, 6.45) is 2.67. The van der Waals surface area contributed by atoms with Gasteiger partial charge in [0.2, 0.25) is 5.96 Å². The first kappa shape index (κ1) is 15.4. The van der Waals surface area contributed by atoms with Gasteiger partial charge in [-0.25, -0.2) is 4.79 Å². The van der Waals surface area contributed by atoms with Gasteiger partial charge in [-0.15, -0.1) is 0 Å². The van der Waals surface area contributed by atoms with Crippen LogP contribution in [0.3, 0.4) is 0 Å². The van der Waals surface area contributed by atoms with Crippen molar-refractivity contribution in [3.63, 3.8) is 0 Å². The van der Waals surface area contributed by atoms with Crippen molar-refractivity contribution in [2.45, 2.75) is 0 Å². The van der Waals surface area contributed by atoms with Crippen molar-refractivity contribution >= 4 is 24.1 Å². The first-order chi connectivity index (χ1) is 10.6. The lowest BCUT2D eigenvalue weighted by atomic mass is 10.2. The third-order valence-electron chi connectivity index (χ3n) is 3.04. The summed E-state index contributed by atoms with van der Waals surface area (Å²) in [4.78, 5) is 29.3. The maximum atomic E-state index is 12.4. The standard InChI is InChI=1S/C15H16N4O3/c1-16-15-18(2)12(9-13(20)22-3)14(21)19(15)17-10-11-7-5-4-6-8-11/h4-10H,1-3H3/b12-9-,16-15?,17-10+. The zero-order chi connectivity index (χ0) is 16.1. The second-order valence-electron chi connectivity index (χ2n) is 4.41. The minimum absolute atomic E-state index is 0.151. The lowest BCUT2D eigenvalue weighted by Gasteiger charge is -2.12. The third-order valence-corrected chi connectivity index (χ3v) is 3.04. The van der Waals surface area contributed by atoms with E-state index in [1.807, 2.05) is 30.3 Å². The molecule has 1 aromatic rings. The maximum absolute atomic E-state index is 12.4. The molecule has 1 heterocycles. The van der Waals surface area contributed by atoms with Crippen molar-refractivity contribution in [1.29, 1.82) is 0 Å². The molecule has 0 aliphatic carbocycles. The minimum Gasteiger partial charge on any atom is -0.466 e. The predicted molar refractivity (Wildman–Crippen MR) is 82.1 cm³/mol. The molecule has 1 amide bonds. The highest BCUT2D eigenvalue weighted by Gasteiger charge is 2.37. The molecule has 0 bridgehead atoms. The molecule has 0 aromatic heterocycles. The molecule has 114 valence electrons. The summed E-state index contributed by atoms with van der Waals surface area (Å²) in [5.41, 5.74) is 0.997. The van der Waals surface area contributed by atoms with E-state index in [2.05, 4.69) is 14.8 Å². The van der Waals surface area contributed by atoms with Crippen LogP contribution in [0.25, 0.3) is 0 Å². The van der Waals surface area contributed by atoms with Crippen molar-refractivity contribution in [3.8, 4) is 0 Å². The predicted octanol–water partition coefficient (Wildman–Crippen LogP) is 0.837. The first-order valence-electron chi connectivity index (χ1n) is 6.52. The van der Waals surface area contributed by atoms with Gasteiger partial charge in [0.25, 0.3) is 5.91 Å². The summed E-state index contributed by atoms with van der Waals surface area (Å²) < 4.78 is 4.55. The summed E-state index contributed by atoms with van der Waals surface area (Å²) in [5.74, 6) is -0.729. The molecule has 7 nitrogen and oxygen atoms in total.